The lowest BCUT2D eigenvalue weighted by Crippen LogP contribution is -2.13. The van der Waals surface area contributed by atoms with Crippen molar-refractivity contribution in [1.82, 2.24) is 0 Å². The van der Waals surface area contributed by atoms with Crippen LogP contribution in [0, 0.1) is 0 Å². The number of carbonyl (C=O) groups is 1. The molecular weight excluding hydrogens is 347 g/mol. The summed E-state index contributed by atoms with van der Waals surface area (Å²) in [4.78, 5) is 12.3. The predicted octanol–water partition coefficient (Wildman–Crippen LogP) is 3.23. The lowest BCUT2D eigenvalue weighted by Gasteiger charge is -2.10. The third-order valence-electron chi connectivity index (χ3n) is 2.85. The number of benzene rings is 2. The van der Waals surface area contributed by atoms with E-state index in [0.29, 0.717) is 5.69 Å². The van der Waals surface area contributed by atoms with Gasteiger partial charge in [0, 0.05) is 17.5 Å². The van der Waals surface area contributed by atoms with E-state index < -0.39 is 15.7 Å². The molecule has 0 unspecified atom stereocenters. The molecule has 0 bridgehead atoms. The summed E-state index contributed by atoms with van der Waals surface area (Å²) in [6.07, 6.45) is 1.09. The van der Waals surface area contributed by atoms with Crippen molar-refractivity contribution in [2.45, 2.75) is 4.90 Å². The Morgan fingerprint density at radius 1 is 1.09 bits per heavy atom. The van der Waals surface area contributed by atoms with E-state index in [1.54, 1.807) is 0 Å². The first-order chi connectivity index (χ1) is 10.2. The molecule has 2 aromatic carbocycles. The highest BCUT2D eigenvalue weighted by atomic mass is 35.5. The van der Waals surface area contributed by atoms with Crippen LogP contribution in [0.3, 0.4) is 0 Å². The van der Waals surface area contributed by atoms with E-state index in [-0.39, 0.29) is 26.2 Å². The van der Waals surface area contributed by atoms with Gasteiger partial charge in [-0.3, -0.25) is 4.79 Å². The minimum absolute atomic E-state index is 0.132. The first kappa shape index (κ1) is 16.6. The van der Waals surface area contributed by atoms with Crippen LogP contribution in [0.5, 0.6) is 0 Å². The van der Waals surface area contributed by atoms with E-state index in [2.05, 4.69) is 5.32 Å². The molecule has 2 aromatic rings. The zero-order valence-corrected chi connectivity index (χ0v) is 13.8. The minimum Gasteiger partial charge on any atom is -0.399 e. The molecule has 0 radical (unpaired) electrons. The zero-order valence-electron chi connectivity index (χ0n) is 11.4. The van der Waals surface area contributed by atoms with Crippen LogP contribution in [0.1, 0.15) is 10.4 Å². The fraction of sp³-hybridized carbons (Fsp3) is 0.0714. The number of sulfone groups is 1. The van der Waals surface area contributed by atoms with Crippen molar-refractivity contribution in [3.05, 3.63) is 52.0 Å². The molecule has 8 heteroatoms. The second-order valence-electron chi connectivity index (χ2n) is 4.61. The highest BCUT2D eigenvalue weighted by Crippen LogP contribution is 2.33. The van der Waals surface area contributed by atoms with Gasteiger partial charge in [0.2, 0.25) is 0 Å². The topological polar surface area (TPSA) is 89.3 Å². The van der Waals surface area contributed by atoms with Crippen LogP contribution in [0.2, 0.25) is 10.0 Å². The number of hydrogen-bond donors (Lipinski definition) is 2. The van der Waals surface area contributed by atoms with Gasteiger partial charge in [-0.1, -0.05) is 23.2 Å². The maximum absolute atomic E-state index is 12.2. The Morgan fingerprint density at radius 3 is 2.05 bits per heavy atom. The van der Waals surface area contributed by atoms with Crippen LogP contribution < -0.4 is 11.1 Å². The fourth-order valence-electron chi connectivity index (χ4n) is 1.75. The number of carbonyl (C=O) groups excluding carboxylic acids is 1. The average molecular weight is 359 g/mol. The van der Waals surface area contributed by atoms with E-state index in [0.717, 1.165) is 6.26 Å². The number of rotatable bonds is 3. The van der Waals surface area contributed by atoms with Gasteiger partial charge >= 0.3 is 0 Å². The van der Waals surface area contributed by atoms with Crippen molar-refractivity contribution in [2.75, 3.05) is 17.3 Å². The second kappa shape index (κ2) is 6.16. The molecule has 0 atom stereocenters. The quantitative estimate of drug-likeness (QED) is 0.824. The number of nitrogens with one attached hydrogen (secondary N) is 1. The fourth-order valence-corrected chi connectivity index (χ4v) is 2.98. The molecule has 2 rings (SSSR count). The van der Waals surface area contributed by atoms with Crippen LogP contribution in [-0.4, -0.2) is 20.6 Å². The van der Waals surface area contributed by atoms with Crippen molar-refractivity contribution in [1.29, 1.82) is 0 Å². The highest BCUT2D eigenvalue weighted by Gasteiger charge is 2.14. The molecule has 5 nitrogen and oxygen atoms in total. The van der Waals surface area contributed by atoms with Gasteiger partial charge in [-0.15, -0.1) is 0 Å². The molecule has 0 aliphatic carbocycles. The van der Waals surface area contributed by atoms with Crippen LogP contribution in [0.4, 0.5) is 11.4 Å². The molecule has 0 saturated carbocycles. The Labute approximate surface area is 138 Å². The Balaban J connectivity index is 2.27. The standard InChI is InChI=1S/C14H12Cl2N2O3S/c1-22(20,21)10-4-2-8(3-5-10)14(19)18-13-11(15)6-9(17)7-12(13)16/h2-7H,17H2,1H3,(H,18,19). The molecule has 0 aromatic heterocycles. The maximum Gasteiger partial charge on any atom is 0.255 e. The molecule has 0 spiro atoms. The van der Waals surface area contributed by atoms with Gasteiger partial charge in [0.15, 0.2) is 9.84 Å². The number of amides is 1. The number of nitrogen functional groups attached to an aromatic ring is 1. The Bertz CT molecular complexity index is 811. The summed E-state index contributed by atoms with van der Waals surface area (Å²) in [5.74, 6) is -0.464. The van der Waals surface area contributed by atoms with Gasteiger partial charge in [0.25, 0.3) is 5.91 Å². The van der Waals surface area contributed by atoms with Crippen molar-refractivity contribution in [2.24, 2.45) is 0 Å². The molecule has 22 heavy (non-hydrogen) atoms. The Hall–Kier alpha value is -1.76. The minimum atomic E-state index is -3.31. The molecule has 0 saturated heterocycles. The normalized spacial score (nSPS) is 11.2. The summed E-state index contributed by atoms with van der Waals surface area (Å²) in [7, 11) is -3.31. The van der Waals surface area contributed by atoms with Crippen molar-refractivity contribution < 1.29 is 13.2 Å². The summed E-state index contributed by atoms with van der Waals surface area (Å²) < 4.78 is 22.8. The molecule has 0 heterocycles. The second-order valence-corrected chi connectivity index (χ2v) is 7.44. The van der Waals surface area contributed by atoms with Gasteiger partial charge in [0.05, 0.1) is 20.6 Å². The number of halogens is 2. The number of hydrogen-bond acceptors (Lipinski definition) is 4. The van der Waals surface area contributed by atoms with Gasteiger partial charge < -0.3 is 11.1 Å². The van der Waals surface area contributed by atoms with Crippen LogP contribution in [0.25, 0.3) is 0 Å². The summed E-state index contributed by atoms with van der Waals surface area (Å²) in [5, 5.41) is 3.00. The summed E-state index contributed by atoms with van der Waals surface area (Å²) in [5.41, 5.74) is 6.49. The zero-order chi connectivity index (χ0) is 16.5. The predicted molar refractivity (Wildman–Crippen MR) is 88.4 cm³/mol. The van der Waals surface area contributed by atoms with Crippen LogP contribution in [0.15, 0.2) is 41.3 Å². The number of nitrogens with two attached hydrogens (primary N) is 1. The molecule has 116 valence electrons. The summed E-state index contributed by atoms with van der Waals surface area (Å²) >= 11 is 12.0. The average Bonchev–Trinajstić information content (AvgIpc) is 2.41. The van der Waals surface area contributed by atoms with Crippen LogP contribution >= 0.6 is 23.2 Å². The van der Waals surface area contributed by atoms with E-state index in [4.69, 9.17) is 28.9 Å². The summed E-state index contributed by atoms with van der Waals surface area (Å²) in [6, 6.07) is 8.47. The Kier molecular flexibility index (Phi) is 4.65. The maximum atomic E-state index is 12.2. The smallest absolute Gasteiger partial charge is 0.255 e. The first-order valence-corrected chi connectivity index (χ1v) is 8.69. The molecule has 1 amide bonds. The van der Waals surface area contributed by atoms with Crippen LogP contribution in [-0.2, 0) is 9.84 Å². The number of anilines is 2. The van der Waals surface area contributed by atoms with E-state index in [1.165, 1.54) is 36.4 Å². The van der Waals surface area contributed by atoms with E-state index in [9.17, 15) is 13.2 Å². The molecular formula is C14H12Cl2N2O3S. The lowest BCUT2D eigenvalue weighted by molar-refractivity contribution is 0.102. The molecule has 0 fully saturated rings. The largest absolute Gasteiger partial charge is 0.399 e. The van der Waals surface area contributed by atoms with Gasteiger partial charge in [0.1, 0.15) is 0 Å². The SMILES string of the molecule is CS(=O)(=O)c1ccc(C(=O)Nc2c(Cl)cc(N)cc2Cl)cc1. The molecule has 0 aliphatic heterocycles. The van der Waals surface area contributed by atoms with Gasteiger partial charge in [-0.05, 0) is 36.4 Å². The first-order valence-electron chi connectivity index (χ1n) is 6.04. The monoisotopic (exact) mass is 358 g/mol. The Morgan fingerprint density at radius 2 is 1.59 bits per heavy atom. The van der Waals surface area contributed by atoms with E-state index >= 15 is 0 Å². The van der Waals surface area contributed by atoms with Gasteiger partial charge in [-0.25, -0.2) is 8.42 Å². The summed E-state index contributed by atoms with van der Waals surface area (Å²) in [6.45, 7) is 0. The van der Waals surface area contributed by atoms with Gasteiger partial charge in [-0.2, -0.15) is 0 Å². The highest BCUT2D eigenvalue weighted by molar-refractivity contribution is 7.90. The third-order valence-corrected chi connectivity index (χ3v) is 4.57. The third kappa shape index (κ3) is 3.71. The van der Waals surface area contributed by atoms with Crippen molar-refractivity contribution in [3.63, 3.8) is 0 Å². The van der Waals surface area contributed by atoms with Crippen molar-refractivity contribution >= 4 is 50.3 Å². The molecule has 3 N–H and O–H groups in total. The van der Waals surface area contributed by atoms with Crippen molar-refractivity contribution in [3.8, 4) is 0 Å². The lowest BCUT2D eigenvalue weighted by atomic mass is 10.2. The molecule has 0 aliphatic rings. The van der Waals surface area contributed by atoms with E-state index in [1.807, 2.05) is 0 Å².